The van der Waals surface area contributed by atoms with Crippen LogP contribution in [0.5, 0.6) is 17.2 Å². The number of phenols is 1. The van der Waals surface area contributed by atoms with Gasteiger partial charge in [0, 0.05) is 18.9 Å². The fourth-order valence-electron chi connectivity index (χ4n) is 4.12. The van der Waals surface area contributed by atoms with Crippen molar-refractivity contribution < 1.29 is 27.8 Å². The molecule has 1 aliphatic heterocycles. The largest absolute Gasteiger partial charge is 0.504 e. The van der Waals surface area contributed by atoms with Crippen LogP contribution in [0.15, 0.2) is 71.6 Å². The standard InChI is InChI=1S/C24H23NO6S/c1-15-20-13-22(27)23(30-3)14-21(20)25(32(28,29)19-7-5-4-6-8-19)24(15)17-9-11-18(12-10-17)31-16(2)26/h4-15,24,27H,1-3H3. The number of methoxy groups -OCH3 is 1. The van der Waals surface area contributed by atoms with Gasteiger partial charge < -0.3 is 14.6 Å². The van der Waals surface area contributed by atoms with Gasteiger partial charge >= 0.3 is 5.97 Å². The molecule has 4 rings (SSSR count). The van der Waals surface area contributed by atoms with Gasteiger partial charge in [0.2, 0.25) is 0 Å². The maximum atomic E-state index is 13.8. The lowest BCUT2D eigenvalue weighted by molar-refractivity contribution is -0.131. The van der Waals surface area contributed by atoms with E-state index in [4.69, 9.17) is 9.47 Å². The highest BCUT2D eigenvalue weighted by molar-refractivity contribution is 7.92. The topological polar surface area (TPSA) is 93.1 Å². The Morgan fingerprint density at radius 1 is 1.03 bits per heavy atom. The molecular formula is C24H23NO6S. The quantitative estimate of drug-likeness (QED) is 0.455. The van der Waals surface area contributed by atoms with Gasteiger partial charge in [0.25, 0.3) is 10.0 Å². The number of anilines is 1. The number of aromatic hydroxyl groups is 1. The molecule has 0 saturated heterocycles. The van der Waals surface area contributed by atoms with Gasteiger partial charge in [0.15, 0.2) is 11.5 Å². The highest BCUT2D eigenvalue weighted by Crippen LogP contribution is 2.54. The van der Waals surface area contributed by atoms with Gasteiger partial charge in [0.05, 0.1) is 23.7 Å². The van der Waals surface area contributed by atoms with Crippen molar-refractivity contribution in [2.24, 2.45) is 0 Å². The van der Waals surface area contributed by atoms with Gasteiger partial charge in [-0.05, 0) is 41.5 Å². The van der Waals surface area contributed by atoms with Crippen molar-refractivity contribution >= 4 is 21.7 Å². The maximum absolute atomic E-state index is 13.8. The number of hydrogen-bond donors (Lipinski definition) is 1. The molecule has 2 unspecified atom stereocenters. The first-order valence-corrected chi connectivity index (χ1v) is 11.5. The molecule has 0 spiro atoms. The minimum Gasteiger partial charge on any atom is -0.504 e. The summed E-state index contributed by atoms with van der Waals surface area (Å²) in [5.74, 6) is -0.188. The summed E-state index contributed by atoms with van der Waals surface area (Å²) in [6.45, 7) is 3.23. The maximum Gasteiger partial charge on any atom is 0.308 e. The number of carbonyl (C=O) groups is 1. The van der Waals surface area contributed by atoms with Crippen molar-refractivity contribution in [1.82, 2.24) is 0 Å². The van der Waals surface area contributed by atoms with Crippen molar-refractivity contribution in [1.29, 1.82) is 0 Å². The van der Waals surface area contributed by atoms with Gasteiger partial charge in [-0.25, -0.2) is 8.42 Å². The fraction of sp³-hybridized carbons (Fsp3) is 0.208. The minimum absolute atomic E-state index is 0.0546. The Labute approximate surface area is 186 Å². The summed E-state index contributed by atoms with van der Waals surface area (Å²) in [5.41, 5.74) is 1.87. The summed E-state index contributed by atoms with van der Waals surface area (Å²) in [6, 6.07) is 17.5. The number of sulfonamides is 1. The molecule has 3 aromatic carbocycles. The van der Waals surface area contributed by atoms with Crippen LogP contribution < -0.4 is 13.8 Å². The summed E-state index contributed by atoms with van der Waals surface area (Å²) in [4.78, 5) is 11.4. The number of benzene rings is 3. The first kappa shape index (κ1) is 21.7. The van der Waals surface area contributed by atoms with Crippen LogP contribution in [0.25, 0.3) is 0 Å². The monoisotopic (exact) mass is 453 g/mol. The molecular weight excluding hydrogens is 430 g/mol. The Kier molecular flexibility index (Phi) is 5.56. The molecule has 0 amide bonds. The second-order valence-corrected chi connectivity index (χ2v) is 9.41. The number of phenolic OH excluding ortho intramolecular Hbond substituents is 1. The SMILES string of the molecule is COc1cc2c(cc1O)C(C)C(c1ccc(OC(C)=O)cc1)N2S(=O)(=O)c1ccccc1. The van der Waals surface area contributed by atoms with E-state index in [9.17, 15) is 18.3 Å². The van der Waals surface area contributed by atoms with Gasteiger partial charge in [0.1, 0.15) is 5.75 Å². The Bertz CT molecular complexity index is 1260. The van der Waals surface area contributed by atoms with E-state index in [-0.39, 0.29) is 22.3 Å². The van der Waals surface area contributed by atoms with Crippen molar-refractivity contribution in [2.45, 2.75) is 30.7 Å². The lowest BCUT2D eigenvalue weighted by Crippen LogP contribution is -2.33. The van der Waals surface area contributed by atoms with Crippen LogP contribution in [-0.4, -0.2) is 26.6 Å². The molecule has 1 heterocycles. The molecule has 8 heteroatoms. The molecule has 0 radical (unpaired) electrons. The first-order valence-electron chi connectivity index (χ1n) is 10.0. The molecule has 2 atom stereocenters. The molecule has 0 bridgehead atoms. The van der Waals surface area contributed by atoms with Crippen LogP contribution in [-0.2, 0) is 14.8 Å². The molecule has 0 aliphatic carbocycles. The van der Waals surface area contributed by atoms with Crippen LogP contribution in [0.4, 0.5) is 5.69 Å². The number of carbonyl (C=O) groups excluding carboxylic acids is 1. The lowest BCUT2D eigenvalue weighted by atomic mass is 9.92. The summed E-state index contributed by atoms with van der Waals surface area (Å²) >= 11 is 0. The van der Waals surface area contributed by atoms with Crippen LogP contribution in [0.1, 0.15) is 36.9 Å². The molecule has 7 nitrogen and oxygen atoms in total. The Morgan fingerprint density at radius 2 is 1.69 bits per heavy atom. The fourth-order valence-corrected chi connectivity index (χ4v) is 5.87. The van der Waals surface area contributed by atoms with Gasteiger partial charge in [-0.1, -0.05) is 37.3 Å². The average Bonchev–Trinajstić information content (AvgIpc) is 3.06. The van der Waals surface area contributed by atoms with E-state index < -0.39 is 22.0 Å². The van der Waals surface area contributed by atoms with E-state index in [1.165, 1.54) is 18.3 Å². The highest BCUT2D eigenvalue weighted by atomic mass is 32.2. The summed E-state index contributed by atoms with van der Waals surface area (Å²) < 4.78 is 39.3. The third-order valence-electron chi connectivity index (χ3n) is 5.57. The van der Waals surface area contributed by atoms with Crippen molar-refractivity contribution in [3.8, 4) is 17.2 Å². The Balaban J connectivity index is 1.89. The predicted octanol–water partition coefficient (Wildman–Crippen LogP) is 4.38. The molecule has 166 valence electrons. The Hall–Kier alpha value is -3.52. The third-order valence-corrected chi connectivity index (χ3v) is 7.38. The zero-order valence-corrected chi connectivity index (χ0v) is 18.7. The lowest BCUT2D eigenvalue weighted by Gasteiger charge is -2.29. The van der Waals surface area contributed by atoms with Crippen molar-refractivity contribution in [2.75, 3.05) is 11.4 Å². The van der Waals surface area contributed by atoms with E-state index in [1.54, 1.807) is 66.7 Å². The van der Waals surface area contributed by atoms with E-state index >= 15 is 0 Å². The number of fused-ring (bicyclic) bond motifs is 1. The average molecular weight is 454 g/mol. The van der Waals surface area contributed by atoms with Gasteiger partial charge in [-0.3, -0.25) is 9.10 Å². The first-order chi connectivity index (χ1) is 15.2. The van der Waals surface area contributed by atoms with E-state index in [0.717, 1.165) is 5.56 Å². The third kappa shape index (κ3) is 3.67. The second kappa shape index (κ2) is 8.20. The number of hydrogen-bond acceptors (Lipinski definition) is 6. The number of nitrogens with zero attached hydrogens (tertiary/aromatic N) is 1. The Morgan fingerprint density at radius 3 is 2.28 bits per heavy atom. The number of esters is 1. The summed E-state index contributed by atoms with van der Waals surface area (Å²) in [6.07, 6.45) is 0. The highest BCUT2D eigenvalue weighted by Gasteiger charge is 2.44. The van der Waals surface area contributed by atoms with E-state index in [1.807, 2.05) is 6.92 Å². The molecule has 0 saturated carbocycles. The van der Waals surface area contributed by atoms with Crippen LogP contribution in [0.2, 0.25) is 0 Å². The van der Waals surface area contributed by atoms with Gasteiger partial charge in [-0.15, -0.1) is 0 Å². The molecule has 1 N–H and O–H groups in total. The van der Waals surface area contributed by atoms with E-state index in [0.29, 0.717) is 17.0 Å². The zero-order chi connectivity index (χ0) is 23.0. The van der Waals surface area contributed by atoms with Crippen LogP contribution in [0.3, 0.4) is 0 Å². The summed E-state index contributed by atoms with van der Waals surface area (Å²) in [5, 5.41) is 10.3. The van der Waals surface area contributed by atoms with Crippen molar-refractivity contribution in [3.05, 3.63) is 77.9 Å². The smallest absolute Gasteiger partial charge is 0.308 e. The summed E-state index contributed by atoms with van der Waals surface area (Å²) in [7, 11) is -2.52. The molecule has 3 aromatic rings. The molecule has 32 heavy (non-hydrogen) atoms. The number of rotatable bonds is 5. The predicted molar refractivity (Wildman–Crippen MR) is 120 cm³/mol. The molecule has 1 aliphatic rings. The zero-order valence-electron chi connectivity index (χ0n) is 17.8. The van der Waals surface area contributed by atoms with Crippen LogP contribution >= 0.6 is 0 Å². The molecule has 0 fully saturated rings. The molecule has 0 aromatic heterocycles. The number of ether oxygens (including phenoxy) is 2. The minimum atomic E-state index is -3.94. The second-order valence-electron chi connectivity index (χ2n) is 7.59. The van der Waals surface area contributed by atoms with E-state index in [2.05, 4.69) is 0 Å². The van der Waals surface area contributed by atoms with Gasteiger partial charge in [-0.2, -0.15) is 0 Å². The van der Waals surface area contributed by atoms with Crippen LogP contribution in [0, 0.1) is 0 Å². The van der Waals surface area contributed by atoms with Crippen molar-refractivity contribution in [3.63, 3.8) is 0 Å². The normalized spacial score (nSPS) is 17.7.